The highest BCUT2D eigenvalue weighted by atomic mass is 35.5. The summed E-state index contributed by atoms with van der Waals surface area (Å²) in [5, 5.41) is 9.32. The van der Waals surface area contributed by atoms with Crippen molar-refractivity contribution >= 4 is 41.1 Å². The lowest BCUT2D eigenvalue weighted by Gasteiger charge is -2.01. The molecule has 0 aliphatic rings. The van der Waals surface area contributed by atoms with Crippen LogP contribution in [0, 0.1) is 0 Å². The van der Waals surface area contributed by atoms with Gasteiger partial charge in [-0.3, -0.25) is 0 Å². The van der Waals surface area contributed by atoms with Crippen LogP contribution in [0.25, 0.3) is 0 Å². The Morgan fingerprint density at radius 2 is 1.94 bits per heavy atom. The normalized spacial score (nSPS) is 12.6. The minimum atomic E-state index is 0.605. The Hall–Kier alpha value is -1.33. The average molecular weight is 283 g/mol. The van der Waals surface area contributed by atoms with Crippen LogP contribution in [0.2, 0.25) is 5.02 Å². The van der Waals surface area contributed by atoms with Gasteiger partial charge in [0.2, 0.25) is 5.17 Å². The fourth-order valence-corrected chi connectivity index (χ4v) is 1.39. The maximum absolute atomic E-state index is 5.79. The summed E-state index contributed by atoms with van der Waals surface area (Å²) in [4.78, 5) is 6.01. The molecule has 1 rings (SSSR count). The van der Waals surface area contributed by atoms with Crippen LogP contribution in [0.1, 0.15) is 5.56 Å². The third-order valence-corrected chi connectivity index (χ3v) is 2.61. The first kappa shape index (κ1) is 14.7. The summed E-state index contributed by atoms with van der Waals surface area (Å²) in [6, 6.07) is 7.38. The molecule has 4 nitrogen and oxygen atoms in total. The topological polar surface area (TPSA) is 40.3 Å². The Morgan fingerprint density at radius 3 is 2.50 bits per heavy atom. The summed E-state index contributed by atoms with van der Waals surface area (Å²) in [6.07, 6.45) is 5.26. The van der Waals surface area contributed by atoms with Gasteiger partial charge in [-0.2, -0.15) is 5.10 Å². The second-order valence-electron chi connectivity index (χ2n) is 3.59. The molecule has 18 heavy (non-hydrogen) atoms. The summed E-state index contributed by atoms with van der Waals surface area (Å²) in [5.41, 5.74) is 0.945. The van der Waals surface area contributed by atoms with Gasteiger partial charge in [0.1, 0.15) is 0 Å². The van der Waals surface area contributed by atoms with Gasteiger partial charge in [-0.25, -0.2) is 4.99 Å². The zero-order valence-electron chi connectivity index (χ0n) is 10.5. The molecule has 0 radical (unpaired) electrons. The lowest BCUT2D eigenvalue weighted by Crippen LogP contribution is -2.08. The SMILES string of the molecule is CSC(=N\N=C\c1ccc(Cl)cc1)/N=C/N(C)C. The largest absolute Gasteiger partial charge is 0.369 e. The van der Waals surface area contributed by atoms with Gasteiger partial charge in [0.05, 0.1) is 12.6 Å². The van der Waals surface area contributed by atoms with Crippen LogP contribution >= 0.6 is 23.4 Å². The van der Waals surface area contributed by atoms with Gasteiger partial charge in [0.15, 0.2) is 0 Å². The summed E-state index contributed by atoms with van der Waals surface area (Å²) in [5.74, 6) is 0. The molecule has 6 heteroatoms. The zero-order valence-corrected chi connectivity index (χ0v) is 12.1. The first-order valence-electron chi connectivity index (χ1n) is 5.23. The molecule has 96 valence electrons. The molecule has 0 aliphatic carbocycles. The molecule has 0 N–H and O–H groups in total. The van der Waals surface area contributed by atoms with Gasteiger partial charge < -0.3 is 4.90 Å². The molecule has 0 amide bonds. The van der Waals surface area contributed by atoms with E-state index < -0.39 is 0 Å². The van der Waals surface area contributed by atoms with E-state index in [1.54, 1.807) is 12.6 Å². The van der Waals surface area contributed by atoms with Gasteiger partial charge in [0.25, 0.3) is 0 Å². The molecule has 0 aliphatic heterocycles. The number of amidine groups is 1. The van der Waals surface area contributed by atoms with Gasteiger partial charge in [-0.15, -0.1) is 5.10 Å². The zero-order chi connectivity index (χ0) is 13.4. The maximum atomic E-state index is 5.79. The predicted octanol–water partition coefficient (Wildman–Crippen LogP) is 2.98. The molecule has 1 aromatic carbocycles. The predicted molar refractivity (Wildman–Crippen MR) is 82.2 cm³/mol. The smallest absolute Gasteiger partial charge is 0.210 e. The molecular weight excluding hydrogens is 268 g/mol. The fraction of sp³-hybridized carbons (Fsp3) is 0.250. The Bertz CT molecular complexity index is 452. The fourth-order valence-electron chi connectivity index (χ4n) is 0.978. The molecular formula is C12H15ClN4S. The minimum Gasteiger partial charge on any atom is -0.369 e. The van der Waals surface area contributed by atoms with Crippen molar-refractivity contribution in [2.24, 2.45) is 15.2 Å². The van der Waals surface area contributed by atoms with Crippen LogP contribution in [0.5, 0.6) is 0 Å². The molecule has 0 spiro atoms. The lowest BCUT2D eigenvalue weighted by atomic mass is 10.2. The van der Waals surface area contributed by atoms with Gasteiger partial charge in [-0.05, 0) is 24.0 Å². The Balaban J connectivity index is 2.68. The van der Waals surface area contributed by atoms with E-state index in [0.29, 0.717) is 10.2 Å². The Morgan fingerprint density at radius 1 is 1.28 bits per heavy atom. The lowest BCUT2D eigenvalue weighted by molar-refractivity contribution is 0.644. The summed E-state index contributed by atoms with van der Waals surface area (Å²) < 4.78 is 0. The van der Waals surface area contributed by atoms with E-state index >= 15 is 0 Å². The highest BCUT2D eigenvalue weighted by Gasteiger charge is 1.92. The van der Waals surface area contributed by atoms with E-state index in [9.17, 15) is 0 Å². The summed E-state index contributed by atoms with van der Waals surface area (Å²) >= 11 is 7.23. The second-order valence-corrected chi connectivity index (χ2v) is 4.80. The number of aliphatic imine (C=N–C) groups is 1. The van der Waals surface area contributed by atoms with Gasteiger partial charge in [-0.1, -0.05) is 35.5 Å². The minimum absolute atomic E-state index is 0.605. The molecule has 0 unspecified atom stereocenters. The van der Waals surface area contributed by atoms with Crippen LogP contribution in [-0.4, -0.2) is 43.0 Å². The Labute approximate surface area is 116 Å². The number of halogens is 1. The van der Waals surface area contributed by atoms with Crippen molar-refractivity contribution in [1.82, 2.24) is 4.90 Å². The number of benzene rings is 1. The van der Waals surface area contributed by atoms with Crippen LogP contribution in [-0.2, 0) is 0 Å². The number of hydrogen-bond donors (Lipinski definition) is 0. The molecule has 1 aromatic rings. The van der Waals surface area contributed by atoms with E-state index in [2.05, 4.69) is 15.2 Å². The first-order valence-corrected chi connectivity index (χ1v) is 6.83. The molecule has 0 fully saturated rings. The van der Waals surface area contributed by atoms with Crippen molar-refractivity contribution in [3.63, 3.8) is 0 Å². The van der Waals surface area contributed by atoms with Crippen LogP contribution in [0.15, 0.2) is 39.5 Å². The van der Waals surface area contributed by atoms with Crippen molar-refractivity contribution in [1.29, 1.82) is 0 Å². The van der Waals surface area contributed by atoms with E-state index in [0.717, 1.165) is 5.56 Å². The molecule has 0 bridgehead atoms. The number of nitrogens with zero attached hydrogens (tertiary/aromatic N) is 4. The average Bonchev–Trinajstić information content (AvgIpc) is 2.35. The van der Waals surface area contributed by atoms with E-state index in [1.807, 2.05) is 49.5 Å². The van der Waals surface area contributed by atoms with Crippen molar-refractivity contribution in [2.75, 3.05) is 20.4 Å². The first-order chi connectivity index (χ1) is 8.61. The van der Waals surface area contributed by atoms with Gasteiger partial charge >= 0.3 is 0 Å². The Kier molecular flexibility index (Phi) is 6.46. The molecule has 0 saturated carbocycles. The third kappa shape index (κ3) is 5.84. The van der Waals surface area contributed by atoms with Crippen LogP contribution < -0.4 is 0 Å². The second kappa shape index (κ2) is 7.89. The van der Waals surface area contributed by atoms with Crippen molar-refractivity contribution in [3.05, 3.63) is 34.9 Å². The highest BCUT2D eigenvalue weighted by Crippen LogP contribution is 2.08. The third-order valence-electron chi connectivity index (χ3n) is 1.80. The number of hydrogen-bond acceptors (Lipinski definition) is 3. The van der Waals surface area contributed by atoms with Crippen LogP contribution in [0.4, 0.5) is 0 Å². The van der Waals surface area contributed by atoms with Crippen molar-refractivity contribution < 1.29 is 0 Å². The van der Waals surface area contributed by atoms with E-state index in [4.69, 9.17) is 11.6 Å². The van der Waals surface area contributed by atoms with E-state index in [1.165, 1.54) is 11.8 Å². The van der Waals surface area contributed by atoms with Crippen LogP contribution in [0.3, 0.4) is 0 Å². The maximum Gasteiger partial charge on any atom is 0.210 e. The highest BCUT2D eigenvalue weighted by molar-refractivity contribution is 8.13. The molecule has 0 saturated heterocycles. The monoisotopic (exact) mass is 282 g/mol. The quantitative estimate of drug-likeness (QED) is 0.486. The number of thioether (sulfide) groups is 1. The number of rotatable bonds is 3. The summed E-state index contributed by atoms with van der Waals surface area (Å²) in [7, 11) is 3.80. The van der Waals surface area contributed by atoms with Gasteiger partial charge in [0, 0.05) is 19.1 Å². The molecule has 0 heterocycles. The van der Waals surface area contributed by atoms with Crippen molar-refractivity contribution in [2.45, 2.75) is 0 Å². The van der Waals surface area contributed by atoms with Crippen molar-refractivity contribution in [3.8, 4) is 0 Å². The molecule has 0 aromatic heterocycles. The standard InChI is InChI=1S/C12H15ClN4S/c1-17(2)9-14-12(18-3)16-15-8-10-4-6-11(13)7-5-10/h4-9H,1-3H3/b14-9+,15-8+,16-12-. The molecule has 0 atom stereocenters. The summed E-state index contributed by atoms with van der Waals surface area (Å²) in [6.45, 7) is 0. The van der Waals surface area contributed by atoms with E-state index in [-0.39, 0.29) is 0 Å².